The summed E-state index contributed by atoms with van der Waals surface area (Å²) in [5, 5.41) is 0. The van der Waals surface area contributed by atoms with Gasteiger partial charge in [-0.15, -0.1) is 0 Å². The van der Waals surface area contributed by atoms with Gasteiger partial charge >= 0.3 is 0 Å². The van der Waals surface area contributed by atoms with Crippen molar-refractivity contribution in [2.75, 3.05) is 26.7 Å². The summed E-state index contributed by atoms with van der Waals surface area (Å²) in [6.45, 7) is 10.3. The van der Waals surface area contributed by atoms with E-state index in [1.807, 2.05) is 0 Å². The van der Waals surface area contributed by atoms with Crippen molar-refractivity contribution in [3.8, 4) is 5.75 Å². The van der Waals surface area contributed by atoms with Crippen molar-refractivity contribution >= 4 is 0 Å². The first-order valence-electron chi connectivity index (χ1n) is 7.55. The summed E-state index contributed by atoms with van der Waals surface area (Å²) in [7, 11) is 1.78. The first-order chi connectivity index (χ1) is 9.15. The lowest BCUT2D eigenvalue weighted by atomic mass is 9.87. The quantitative estimate of drug-likeness (QED) is 0.811. The highest BCUT2D eigenvalue weighted by Gasteiger charge is 2.20. The Balaban J connectivity index is 2.13. The largest absolute Gasteiger partial charge is 0.496 e. The van der Waals surface area contributed by atoms with E-state index in [9.17, 15) is 0 Å². The van der Waals surface area contributed by atoms with E-state index in [1.165, 1.54) is 43.6 Å². The summed E-state index contributed by atoms with van der Waals surface area (Å²) in [6, 6.07) is 6.83. The number of benzene rings is 1. The highest BCUT2D eigenvalue weighted by molar-refractivity contribution is 5.40. The summed E-state index contributed by atoms with van der Waals surface area (Å²) < 4.78 is 5.57. The van der Waals surface area contributed by atoms with Crippen LogP contribution in [-0.4, -0.2) is 31.6 Å². The van der Waals surface area contributed by atoms with Gasteiger partial charge in [0.15, 0.2) is 0 Å². The van der Waals surface area contributed by atoms with Gasteiger partial charge in [0, 0.05) is 0 Å². The van der Waals surface area contributed by atoms with Gasteiger partial charge in [-0.2, -0.15) is 0 Å². The Morgan fingerprint density at radius 1 is 1.26 bits per heavy atom. The van der Waals surface area contributed by atoms with E-state index >= 15 is 0 Å². The minimum absolute atomic E-state index is 0.519. The summed E-state index contributed by atoms with van der Waals surface area (Å²) in [4.78, 5) is 2.54. The van der Waals surface area contributed by atoms with Crippen LogP contribution in [0.2, 0.25) is 0 Å². The first kappa shape index (κ1) is 14.4. The Bertz CT molecular complexity index is 406. The van der Waals surface area contributed by atoms with Crippen LogP contribution in [-0.2, 0) is 0 Å². The molecule has 2 heteroatoms. The molecule has 1 fully saturated rings. The molecule has 0 aromatic heterocycles. The molecule has 0 radical (unpaired) electrons. The lowest BCUT2D eigenvalue weighted by molar-refractivity contribution is 0.222. The Morgan fingerprint density at radius 3 is 2.47 bits per heavy atom. The molecule has 0 saturated carbocycles. The van der Waals surface area contributed by atoms with Gasteiger partial charge < -0.3 is 9.64 Å². The predicted molar refractivity (Wildman–Crippen MR) is 81.2 cm³/mol. The molecular weight excluding hydrogens is 234 g/mol. The van der Waals surface area contributed by atoms with E-state index < -0.39 is 0 Å². The zero-order chi connectivity index (χ0) is 13.8. The molecule has 0 unspecified atom stereocenters. The predicted octanol–water partition coefficient (Wildman–Crippen LogP) is 4.02. The minimum Gasteiger partial charge on any atom is -0.496 e. The van der Waals surface area contributed by atoms with Gasteiger partial charge in [0.2, 0.25) is 0 Å². The number of hydrogen-bond donors (Lipinski definition) is 0. The number of likely N-dealkylation sites (tertiary alicyclic amines) is 1. The molecule has 0 amide bonds. The molecule has 0 N–H and O–H groups in total. The maximum Gasteiger partial charge on any atom is 0.122 e. The highest BCUT2D eigenvalue weighted by Crippen LogP contribution is 2.34. The van der Waals surface area contributed by atoms with E-state index in [-0.39, 0.29) is 0 Å². The Labute approximate surface area is 117 Å². The zero-order valence-corrected chi connectivity index (χ0v) is 12.8. The van der Waals surface area contributed by atoms with Gasteiger partial charge in [0.25, 0.3) is 0 Å². The van der Waals surface area contributed by atoms with Crippen LogP contribution in [0.5, 0.6) is 5.75 Å². The third-order valence-electron chi connectivity index (χ3n) is 4.39. The first-order valence-corrected chi connectivity index (χ1v) is 7.55. The molecule has 19 heavy (non-hydrogen) atoms. The molecule has 2 nitrogen and oxygen atoms in total. The molecule has 1 aliphatic rings. The fraction of sp³-hybridized carbons (Fsp3) is 0.647. The van der Waals surface area contributed by atoms with Crippen molar-refractivity contribution in [2.24, 2.45) is 0 Å². The summed E-state index contributed by atoms with van der Waals surface area (Å²) in [5.41, 5.74) is 2.77. The second kappa shape index (κ2) is 6.42. The fourth-order valence-corrected chi connectivity index (χ4v) is 3.04. The van der Waals surface area contributed by atoms with E-state index in [0.717, 1.165) is 5.75 Å². The molecule has 0 aliphatic carbocycles. The van der Waals surface area contributed by atoms with Crippen LogP contribution in [0.4, 0.5) is 0 Å². The van der Waals surface area contributed by atoms with E-state index in [2.05, 4.69) is 43.9 Å². The molecule has 106 valence electrons. The molecular formula is C17H27NO. The van der Waals surface area contributed by atoms with Gasteiger partial charge in [-0.05, 0) is 61.5 Å². The molecule has 0 spiro atoms. The molecule has 0 atom stereocenters. The minimum atomic E-state index is 0.519. The molecule has 1 heterocycles. The smallest absolute Gasteiger partial charge is 0.122 e. The number of rotatable bonds is 4. The van der Waals surface area contributed by atoms with Crippen LogP contribution in [0.25, 0.3) is 0 Å². The van der Waals surface area contributed by atoms with Crippen LogP contribution >= 0.6 is 0 Å². The van der Waals surface area contributed by atoms with E-state index in [4.69, 9.17) is 4.74 Å². The Kier molecular flexibility index (Phi) is 4.87. The zero-order valence-electron chi connectivity index (χ0n) is 12.8. The molecule has 1 aliphatic heterocycles. The fourth-order valence-electron chi connectivity index (χ4n) is 3.04. The van der Waals surface area contributed by atoms with Crippen molar-refractivity contribution in [3.63, 3.8) is 0 Å². The van der Waals surface area contributed by atoms with Gasteiger partial charge in [-0.3, -0.25) is 0 Å². The number of piperidine rings is 1. The van der Waals surface area contributed by atoms with Crippen molar-refractivity contribution in [1.82, 2.24) is 4.90 Å². The van der Waals surface area contributed by atoms with Crippen LogP contribution in [0.15, 0.2) is 18.2 Å². The monoisotopic (exact) mass is 261 g/mol. The summed E-state index contributed by atoms with van der Waals surface area (Å²) >= 11 is 0. The van der Waals surface area contributed by atoms with Crippen LogP contribution in [0, 0.1) is 0 Å². The number of nitrogens with zero attached hydrogens (tertiary/aromatic N) is 1. The van der Waals surface area contributed by atoms with Crippen molar-refractivity contribution in [2.45, 2.75) is 45.4 Å². The average molecular weight is 261 g/mol. The molecule has 2 rings (SSSR count). The highest BCUT2D eigenvalue weighted by atomic mass is 16.5. The molecule has 1 aromatic rings. The van der Waals surface area contributed by atoms with Crippen LogP contribution < -0.4 is 4.74 Å². The average Bonchev–Trinajstić information content (AvgIpc) is 2.46. The van der Waals surface area contributed by atoms with E-state index in [1.54, 1.807) is 7.11 Å². The second-order valence-corrected chi connectivity index (χ2v) is 5.86. The third-order valence-corrected chi connectivity index (χ3v) is 4.39. The topological polar surface area (TPSA) is 12.5 Å². The number of ether oxygens (including phenoxy) is 1. The Morgan fingerprint density at radius 2 is 1.95 bits per heavy atom. The molecule has 1 aromatic carbocycles. The standard InChI is InChI=1S/C17H27NO/c1-5-18-10-8-14(9-11-18)15-6-7-16(13(2)3)17(12-15)19-4/h6-7,12-14H,5,8-11H2,1-4H3. The third kappa shape index (κ3) is 3.30. The van der Waals surface area contributed by atoms with Crippen LogP contribution in [0.1, 0.15) is 56.6 Å². The summed E-state index contributed by atoms with van der Waals surface area (Å²) in [5.74, 6) is 2.29. The van der Waals surface area contributed by atoms with Gasteiger partial charge in [-0.25, -0.2) is 0 Å². The van der Waals surface area contributed by atoms with Crippen LogP contribution in [0.3, 0.4) is 0 Å². The van der Waals surface area contributed by atoms with Gasteiger partial charge in [-0.1, -0.05) is 32.9 Å². The van der Waals surface area contributed by atoms with Crippen molar-refractivity contribution in [1.29, 1.82) is 0 Å². The van der Waals surface area contributed by atoms with E-state index in [0.29, 0.717) is 11.8 Å². The molecule has 0 bridgehead atoms. The van der Waals surface area contributed by atoms with Gasteiger partial charge in [0.1, 0.15) is 5.75 Å². The number of methoxy groups -OCH3 is 1. The summed E-state index contributed by atoms with van der Waals surface area (Å²) in [6.07, 6.45) is 2.55. The van der Waals surface area contributed by atoms with Crippen molar-refractivity contribution in [3.05, 3.63) is 29.3 Å². The Hall–Kier alpha value is -1.02. The number of hydrogen-bond acceptors (Lipinski definition) is 2. The lowest BCUT2D eigenvalue weighted by Crippen LogP contribution is -2.32. The maximum atomic E-state index is 5.57. The van der Waals surface area contributed by atoms with Gasteiger partial charge in [0.05, 0.1) is 7.11 Å². The maximum absolute atomic E-state index is 5.57. The second-order valence-electron chi connectivity index (χ2n) is 5.86. The SMILES string of the molecule is CCN1CCC(c2ccc(C(C)C)c(OC)c2)CC1. The normalized spacial score (nSPS) is 17.9. The lowest BCUT2D eigenvalue weighted by Gasteiger charge is -2.31. The molecule has 1 saturated heterocycles. The van der Waals surface area contributed by atoms with Crippen molar-refractivity contribution < 1.29 is 4.74 Å².